The minimum absolute atomic E-state index is 0.207. The minimum atomic E-state index is -4.43. The average molecular weight is 555 g/mol. The summed E-state index contributed by atoms with van der Waals surface area (Å²) in [5.74, 6) is 4.72. The van der Waals surface area contributed by atoms with Crippen LogP contribution < -0.4 is 10.1 Å². The number of amides is 1. The molecule has 1 saturated carbocycles. The molecule has 0 aromatic heterocycles. The Morgan fingerprint density at radius 1 is 1.20 bits per heavy atom. The Labute approximate surface area is 232 Å². The molecule has 1 N–H and O–H groups in total. The molecule has 0 spiro atoms. The molecule has 9 heteroatoms. The van der Waals surface area contributed by atoms with Crippen LogP contribution in [0.5, 0.6) is 5.75 Å². The molecule has 2 aromatic rings. The van der Waals surface area contributed by atoms with Gasteiger partial charge in [-0.05, 0) is 74.2 Å². The molecule has 40 heavy (non-hydrogen) atoms. The predicted octanol–water partition coefficient (Wildman–Crippen LogP) is 4.87. The van der Waals surface area contributed by atoms with Crippen LogP contribution in [0.4, 0.5) is 13.2 Å². The lowest BCUT2D eigenvalue weighted by Crippen LogP contribution is -2.67. The molecule has 2 aliphatic rings. The molecule has 2 aromatic carbocycles. The van der Waals surface area contributed by atoms with Crippen molar-refractivity contribution in [1.82, 2.24) is 10.2 Å². The van der Waals surface area contributed by atoms with Crippen LogP contribution >= 0.6 is 0 Å². The minimum Gasteiger partial charge on any atom is -0.427 e. The number of benzene rings is 2. The highest BCUT2D eigenvalue weighted by Gasteiger charge is 2.58. The normalized spacial score (nSPS) is 24.7. The van der Waals surface area contributed by atoms with Crippen LogP contribution in [0, 0.1) is 11.8 Å². The SMILES string of the molecule is C=CCN1CC[C@@]2(c3cccc(OC(C)=O)c3)C[C@@H](NC(=O)C#Cc3ccc(C(F)(F)F)cc3)CC[C@]2(OC)C1. The van der Waals surface area contributed by atoms with Gasteiger partial charge in [0.25, 0.3) is 5.91 Å². The first-order chi connectivity index (χ1) is 19.0. The molecule has 0 unspecified atom stereocenters. The van der Waals surface area contributed by atoms with E-state index >= 15 is 0 Å². The molecule has 1 saturated heterocycles. The van der Waals surface area contributed by atoms with Gasteiger partial charge in [0.15, 0.2) is 0 Å². The summed E-state index contributed by atoms with van der Waals surface area (Å²) in [6.45, 7) is 7.44. The van der Waals surface area contributed by atoms with Crippen LogP contribution in [-0.2, 0) is 25.9 Å². The standard InChI is InChI=1S/C31H33F3N2O4/c1-4-17-36-18-16-29(25-6-5-7-27(19-25)40-22(2)37)20-26(14-15-30(29,21-36)39-3)35-28(38)13-10-23-8-11-24(12-9-23)31(32,33)34/h4-9,11-12,19,26H,1,14-18,20-21H2,2-3H3,(H,35,38)/t26-,29-,30-/m0/s1. The van der Waals surface area contributed by atoms with Gasteiger partial charge < -0.3 is 14.8 Å². The van der Waals surface area contributed by atoms with E-state index in [4.69, 9.17) is 9.47 Å². The molecule has 1 amide bonds. The van der Waals surface area contributed by atoms with E-state index in [-0.39, 0.29) is 6.04 Å². The number of halogens is 3. The fourth-order valence-corrected chi connectivity index (χ4v) is 6.17. The van der Waals surface area contributed by atoms with E-state index in [0.717, 1.165) is 37.2 Å². The third kappa shape index (κ3) is 6.24. The zero-order valence-corrected chi connectivity index (χ0v) is 22.6. The third-order valence-corrected chi connectivity index (χ3v) is 7.99. The fraction of sp³-hybridized carbons (Fsp3) is 0.419. The average Bonchev–Trinajstić information content (AvgIpc) is 2.91. The van der Waals surface area contributed by atoms with Gasteiger partial charge in [-0.1, -0.05) is 24.1 Å². The highest BCUT2D eigenvalue weighted by atomic mass is 19.4. The summed E-state index contributed by atoms with van der Waals surface area (Å²) in [5, 5.41) is 3.01. The first kappa shape index (κ1) is 29.4. The van der Waals surface area contributed by atoms with E-state index in [2.05, 4.69) is 28.6 Å². The maximum Gasteiger partial charge on any atom is 0.416 e. The summed E-state index contributed by atoms with van der Waals surface area (Å²) in [4.78, 5) is 26.7. The lowest BCUT2D eigenvalue weighted by Gasteiger charge is -2.59. The predicted molar refractivity (Wildman–Crippen MR) is 145 cm³/mol. The molecule has 212 valence electrons. The van der Waals surface area contributed by atoms with Crippen molar-refractivity contribution >= 4 is 11.9 Å². The maximum absolute atomic E-state index is 12.8. The van der Waals surface area contributed by atoms with Crippen LogP contribution in [0.3, 0.4) is 0 Å². The monoisotopic (exact) mass is 554 g/mol. The molecule has 4 rings (SSSR count). The van der Waals surface area contributed by atoms with E-state index in [1.165, 1.54) is 19.1 Å². The van der Waals surface area contributed by atoms with Crippen LogP contribution in [0.1, 0.15) is 49.3 Å². The summed E-state index contributed by atoms with van der Waals surface area (Å²) in [5.41, 5.74) is -0.503. The van der Waals surface area contributed by atoms with E-state index in [0.29, 0.717) is 37.1 Å². The number of alkyl halides is 3. The molecular formula is C31H33F3N2O4. The Balaban J connectivity index is 1.59. The Kier molecular flexibility index (Phi) is 8.71. The summed E-state index contributed by atoms with van der Waals surface area (Å²) < 4.78 is 50.2. The molecule has 0 bridgehead atoms. The largest absolute Gasteiger partial charge is 0.427 e. The number of methoxy groups -OCH3 is 1. The Bertz CT molecular complexity index is 1310. The van der Waals surface area contributed by atoms with Crippen molar-refractivity contribution in [1.29, 1.82) is 0 Å². The fourth-order valence-electron chi connectivity index (χ4n) is 6.17. The molecular weight excluding hydrogens is 521 g/mol. The van der Waals surface area contributed by atoms with Gasteiger partial charge in [0.05, 0.1) is 11.2 Å². The number of piperidine rings is 1. The van der Waals surface area contributed by atoms with Gasteiger partial charge >= 0.3 is 12.1 Å². The van der Waals surface area contributed by atoms with Gasteiger partial charge in [0.2, 0.25) is 0 Å². The van der Waals surface area contributed by atoms with Gasteiger partial charge in [-0.2, -0.15) is 13.2 Å². The quantitative estimate of drug-likeness (QED) is 0.239. The molecule has 1 aliphatic carbocycles. The first-order valence-electron chi connectivity index (χ1n) is 13.2. The number of rotatable bonds is 6. The highest BCUT2D eigenvalue weighted by Crippen LogP contribution is 2.53. The molecule has 1 aliphatic heterocycles. The summed E-state index contributed by atoms with van der Waals surface area (Å²) in [6, 6.07) is 11.7. The van der Waals surface area contributed by atoms with E-state index < -0.39 is 34.6 Å². The number of likely N-dealkylation sites (tertiary alicyclic amines) is 1. The van der Waals surface area contributed by atoms with Crippen molar-refractivity contribution in [2.24, 2.45) is 0 Å². The summed E-state index contributed by atoms with van der Waals surface area (Å²) in [6.07, 6.45) is 0.110. The zero-order chi connectivity index (χ0) is 29.0. The van der Waals surface area contributed by atoms with Gasteiger partial charge in [-0.15, -0.1) is 6.58 Å². The summed E-state index contributed by atoms with van der Waals surface area (Å²) >= 11 is 0. The van der Waals surface area contributed by atoms with Crippen molar-refractivity contribution in [2.45, 2.75) is 55.8 Å². The second kappa shape index (κ2) is 11.9. The number of carbonyl (C=O) groups excluding carboxylic acids is 2. The second-order valence-electron chi connectivity index (χ2n) is 10.4. The van der Waals surface area contributed by atoms with Crippen molar-refractivity contribution in [3.63, 3.8) is 0 Å². The van der Waals surface area contributed by atoms with Gasteiger partial charge in [-0.25, -0.2) is 0 Å². The zero-order valence-electron chi connectivity index (χ0n) is 22.6. The Hall–Kier alpha value is -3.61. The van der Waals surface area contributed by atoms with Gasteiger partial charge in [0, 0.05) is 50.1 Å². The first-order valence-corrected chi connectivity index (χ1v) is 13.2. The summed E-state index contributed by atoms with van der Waals surface area (Å²) in [7, 11) is 1.72. The number of ether oxygens (including phenoxy) is 2. The van der Waals surface area contributed by atoms with Crippen LogP contribution in [-0.4, -0.2) is 55.2 Å². The molecule has 1 heterocycles. The van der Waals surface area contributed by atoms with Crippen molar-refractivity contribution in [2.75, 3.05) is 26.7 Å². The van der Waals surface area contributed by atoms with E-state index in [9.17, 15) is 22.8 Å². The van der Waals surface area contributed by atoms with Crippen molar-refractivity contribution in [3.8, 4) is 17.6 Å². The lowest BCUT2D eigenvalue weighted by atomic mass is 9.55. The number of nitrogens with one attached hydrogen (secondary N) is 1. The number of fused-ring (bicyclic) bond motifs is 1. The Morgan fingerprint density at radius 3 is 2.60 bits per heavy atom. The van der Waals surface area contributed by atoms with E-state index in [1.54, 1.807) is 13.2 Å². The smallest absolute Gasteiger partial charge is 0.416 e. The van der Waals surface area contributed by atoms with Gasteiger partial charge in [-0.3, -0.25) is 14.5 Å². The number of hydrogen-bond donors (Lipinski definition) is 1. The number of nitrogens with zero attached hydrogens (tertiary/aromatic N) is 1. The molecule has 2 fully saturated rings. The van der Waals surface area contributed by atoms with Crippen LogP contribution in [0.2, 0.25) is 0 Å². The molecule has 3 atom stereocenters. The molecule has 6 nitrogen and oxygen atoms in total. The van der Waals surface area contributed by atoms with Gasteiger partial charge in [0.1, 0.15) is 5.75 Å². The van der Waals surface area contributed by atoms with Crippen molar-refractivity contribution in [3.05, 3.63) is 77.9 Å². The third-order valence-electron chi connectivity index (χ3n) is 7.99. The topological polar surface area (TPSA) is 67.9 Å². The number of esters is 1. The number of hydrogen-bond acceptors (Lipinski definition) is 5. The van der Waals surface area contributed by atoms with Crippen molar-refractivity contribution < 1.29 is 32.2 Å². The lowest BCUT2D eigenvalue weighted by molar-refractivity contribution is -0.148. The Morgan fingerprint density at radius 2 is 1.95 bits per heavy atom. The second-order valence-corrected chi connectivity index (χ2v) is 10.4. The van der Waals surface area contributed by atoms with Crippen LogP contribution in [0.25, 0.3) is 0 Å². The molecule has 0 radical (unpaired) electrons. The van der Waals surface area contributed by atoms with E-state index in [1.807, 2.05) is 24.3 Å². The van der Waals surface area contributed by atoms with Crippen LogP contribution in [0.15, 0.2) is 61.2 Å². The number of carbonyl (C=O) groups is 2. The maximum atomic E-state index is 12.8. The highest BCUT2D eigenvalue weighted by molar-refractivity contribution is 5.94.